The number of aromatic nitrogens is 2. The Kier molecular flexibility index (Phi) is 7.25. The highest BCUT2D eigenvalue weighted by Crippen LogP contribution is 2.24. The fourth-order valence-corrected chi connectivity index (χ4v) is 4.67. The fraction of sp³-hybridized carbons (Fsp3) is 0.214. The molecule has 0 bridgehead atoms. The van der Waals surface area contributed by atoms with Gasteiger partial charge in [-0.25, -0.2) is 9.97 Å². The number of hydrogen-bond acceptors (Lipinski definition) is 7. The van der Waals surface area contributed by atoms with E-state index in [9.17, 15) is 9.59 Å². The number of carbonyl (C=O) groups is 2. The molecular formula is C28H27N5O3S. The molecule has 0 aliphatic carbocycles. The van der Waals surface area contributed by atoms with Crippen molar-refractivity contribution in [2.45, 2.75) is 13.8 Å². The van der Waals surface area contributed by atoms with Crippen molar-refractivity contribution in [1.82, 2.24) is 9.97 Å². The molecule has 37 heavy (non-hydrogen) atoms. The first-order valence-corrected chi connectivity index (χ1v) is 12.9. The average molecular weight is 514 g/mol. The maximum atomic E-state index is 13.0. The number of amides is 2. The van der Waals surface area contributed by atoms with Crippen molar-refractivity contribution in [2.75, 3.05) is 41.8 Å². The first-order valence-electron chi connectivity index (χ1n) is 12.0. The van der Waals surface area contributed by atoms with Crippen LogP contribution in [0.4, 0.5) is 17.2 Å². The molecule has 5 rings (SSSR count). The summed E-state index contributed by atoms with van der Waals surface area (Å²) in [4.78, 5) is 36.9. The highest BCUT2D eigenvalue weighted by molar-refractivity contribution is 7.09. The zero-order chi connectivity index (χ0) is 25.8. The summed E-state index contributed by atoms with van der Waals surface area (Å²) < 4.78 is 5.40. The fourth-order valence-electron chi connectivity index (χ4n) is 4.05. The van der Waals surface area contributed by atoms with Crippen LogP contribution >= 0.6 is 11.3 Å². The van der Waals surface area contributed by atoms with Crippen molar-refractivity contribution in [1.29, 1.82) is 0 Å². The van der Waals surface area contributed by atoms with Gasteiger partial charge in [-0.3, -0.25) is 9.59 Å². The number of morpholine rings is 1. The summed E-state index contributed by atoms with van der Waals surface area (Å²) in [6.07, 6.45) is 1.64. The van der Waals surface area contributed by atoms with Crippen molar-refractivity contribution < 1.29 is 14.3 Å². The molecule has 1 fully saturated rings. The number of aryl methyl sites for hydroxylation is 2. The summed E-state index contributed by atoms with van der Waals surface area (Å²) in [6.45, 7) is 6.65. The van der Waals surface area contributed by atoms with E-state index < -0.39 is 0 Å². The highest BCUT2D eigenvalue weighted by atomic mass is 32.1. The molecule has 1 saturated heterocycles. The molecule has 1 aliphatic heterocycles. The standard InChI is InChI=1S/C28H27N5O3S/c1-18-3-8-23(31-28(35)22-9-10-29-26(15-22)33-11-13-36-14-12-33)16-24(18)32-27(34)21-6-4-20(5-7-21)25-17-37-19(2)30-25/h3-10,15-17H,11-14H2,1-2H3,(H,31,35)(H,32,34). The molecule has 3 heterocycles. The second-order valence-electron chi connectivity index (χ2n) is 8.77. The van der Waals surface area contributed by atoms with Gasteiger partial charge in [0.1, 0.15) is 5.82 Å². The van der Waals surface area contributed by atoms with Crippen molar-refractivity contribution in [3.05, 3.63) is 87.9 Å². The normalized spacial score (nSPS) is 13.3. The summed E-state index contributed by atoms with van der Waals surface area (Å²) in [5.41, 5.74) is 5.03. The third kappa shape index (κ3) is 5.84. The third-order valence-corrected chi connectivity index (χ3v) is 6.92. The van der Waals surface area contributed by atoms with E-state index in [1.165, 1.54) is 0 Å². The Balaban J connectivity index is 1.26. The Morgan fingerprint density at radius 2 is 1.68 bits per heavy atom. The van der Waals surface area contributed by atoms with Gasteiger partial charge in [0, 0.05) is 52.7 Å². The monoisotopic (exact) mass is 513 g/mol. The van der Waals surface area contributed by atoms with Crippen LogP contribution in [0.5, 0.6) is 0 Å². The molecule has 2 aromatic carbocycles. The number of ether oxygens (including phenoxy) is 1. The number of rotatable bonds is 6. The van der Waals surface area contributed by atoms with Crippen LogP contribution in [0.15, 0.2) is 66.2 Å². The Morgan fingerprint density at radius 3 is 2.41 bits per heavy atom. The topological polar surface area (TPSA) is 96.5 Å². The van der Waals surface area contributed by atoms with Crippen molar-refractivity contribution >= 4 is 40.3 Å². The molecule has 2 amide bonds. The van der Waals surface area contributed by atoms with Crippen LogP contribution in [-0.4, -0.2) is 48.1 Å². The van der Waals surface area contributed by atoms with Crippen LogP contribution in [0.25, 0.3) is 11.3 Å². The lowest BCUT2D eigenvalue weighted by molar-refractivity contribution is 0.101. The van der Waals surface area contributed by atoms with E-state index in [2.05, 4.69) is 25.5 Å². The summed E-state index contributed by atoms with van der Waals surface area (Å²) in [6, 6.07) is 16.3. The maximum absolute atomic E-state index is 13.0. The zero-order valence-electron chi connectivity index (χ0n) is 20.7. The van der Waals surface area contributed by atoms with Gasteiger partial charge in [-0.15, -0.1) is 11.3 Å². The lowest BCUT2D eigenvalue weighted by Crippen LogP contribution is -2.36. The van der Waals surface area contributed by atoms with Crippen LogP contribution < -0.4 is 15.5 Å². The minimum absolute atomic E-state index is 0.225. The molecule has 0 saturated carbocycles. The zero-order valence-corrected chi connectivity index (χ0v) is 21.5. The second kappa shape index (κ2) is 10.9. The van der Waals surface area contributed by atoms with Crippen molar-refractivity contribution in [3.8, 4) is 11.3 Å². The lowest BCUT2D eigenvalue weighted by atomic mass is 10.1. The molecule has 1 aliphatic rings. The first-order chi connectivity index (χ1) is 18.0. The molecule has 0 unspecified atom stereocenters. The predicted molar refractivity (Wildman–Crippen MR) is 147 cm³/mol. The van der Waals surface area contributed by atoms with Crippen molar-refractivity contribution in [3.63, 3.8) is 0 Å². The van der Waals surface area contributed by atoms with Gasteiger partial charge in [0.25, 0.3) is 11.8 Å². The van der Waals surface area contributed by atoms with Gasteiger partial charge in [0.15, 0.2) is 0 Å². The number of carbonyl (C=O) groups excluding carboxylic acids is 2. The summed E-state index contributed by atoms with van der Waals surface area (Å²) in [5, 5.41) is 8.90. The summed E-state index contributed by atoms with van der Waals surface area (Å²) >= 11 is 1.59. The highest BCUT2D eigenvalue weighted by Gasteiger charge is 2.16. The molecule has 0 atom stereocenters. The number of benzene rings is 2. The Morgan fingerprint density at radius 1 is 0.919 bits per heavy atom. The van der Waals surface area contributed by atoms with E-state index >= 15 is 0 Å². The van der Waals surface area contributed by atoms with E-state index in [4.69, 9.17) is 4.74 Å². The molecule has 0 radical (unpaired) electrons. The quantitative estimate of drug-likeness (QED) is 0.370. The number of nitrogens with one attached hydrogen (secondary N) is 2. The smallest absolute Gasteiger partial charge is 0.255 e. The van der Waals surface area contributed by atoms with Gasteiger partial charge in [-0.1, -0.05) is 18.2 Å². The number of nitrogens with zero attached hydrogens (tertiary/aromatic N) is 3. The lowest BCUT2D eigenvalue weighted by Gasteiger charge is -2.27. The van der Waals surface area contributed by atoms with Gasteiger partial charge in [-0.05, 0) is 55.8 Å². The molecular weight excluding hydrogens is 486 g/mol. The summed E-state index contributed by atoms with van der Waals surface area (Å²) in [7, 11) is 0. The van der Waals surface area contributed by atoms with Crippen LogP contribution in [0.2, 0.25) is 0 Å². The van der Waals surface area contributed by atoms with Crippen LogP contribution in [0.1, 0.15) is 31.3 Å². The van der Waals surface area contributed by atoms with Crippen LogP contribution in [0, 0.1) is 13.8 Å². The van der Waals surface area contributed by atoms with E-state index in [0.29, 0.717) is 35.7 Å². The molecule has 0 spiro atoms. The van der Waals surface area contributed by atoms with E-state index in [-0.39, 0.29) is 11.8 Å². The van der Waals surface area contributed by atoms with Gasteiger partial charge in [-0.2, -0.15) is 0 Å². The molecule has 188 valence electrons. The van der Waals surface area contributed by atoms with Crippen LogP contribution in [0.3, 0.4) is 0 Å². The second-order valence-corrected chi connectivity index (χ2v) is 9.83. The molecule has 8 nitrogen and oxygen atoms in total. The van der Waals surface area contributed by atoms with Gasteiger partial charge >= 0.3 is 0 Å². The largest absolute Gasteiger partial charge is 0.378 e. The number of hydrogen-bond donors (Lipinski definition) is 2. The summed E-state index contributed by atoms with van der Waals surface area (Å²) in [5.74, 6) is 0.284. The third-order valence-electron chi connectivity index (χ3n) is 6.15. The Hall–Kier alpha value is -4.08. The number of pyridine rings is 1. The predicted octanol–water partition coefficient (Wildman–Crippen LogP) is 5.16. The maximum Gasteiger partial charge on any atom is 0.255 e. The van der Waals surface area contributed by atoms with E-state index in [1.54, 1.807) is 47.9 Å². The Labute approximate surface area is 219 Å². The average Bonchev–Trinajstić information content (AvgIpc) is 3.37. The molecule has 2 N–H and O–H groups in total. The van der Waals surface area contributed by atoms with Gasteiger partial charge in [0.2, 0.25) is 0 Å². The van der Waals surface area contributed by atoms with E-state index in [1.807, 2.05) is 43.5 Å². The van der Waals surface area contributed by atoms with Gasteiger partial charge < -0.3 is 20.3 Å². The molecule has 9 heteroatoms. The first kappa shape index (κ1) is 24.6. The minimum Gasteiger partial charge on any atom is -0.378 e. The van der Waals surface area contributed by atoms with Crippen LogP contribution in [-0.2, 0) is 4.74 Å². The van der Waals surface area contributed by atoms with Gasteiger partial charge in [0.05, 0.1) is 23.9 Å². The molecule has 2 aromatic heterocycles. The Bertz CT molecular complexity index is 1430. The molecule has 4 aromatic rings. The minimum atomic E-state index is -0.245. The van der Waals surface area contributed by atoms with E-state index in [0.717, 1.165) is 40.7 Å². The SMILES string of the molecule is Cc1nc(-c2ccc(C(=O)Nc3cc(NC(=O)c4ccnc(N5CCOCC5)c4)ccc3C)cc2)cs1. The number of thiazole rings is 1. The number of anilines is 3. The van der Waals surface area contributed by atoms with Crippen molar-refractivity contribution in [2.24, 2.45) is 0 Å².